The van der Waals surface area contributed by atoms with Crippen molar-refractivity contribution in [1.82, 2.24) is 9.97 Å². The van der Waals surface area contributed by atoms with Gasteiger partial charge in [-0.15, -0.1) is 11.8 Å². The molecule has 0 saturated carbocycles. The van der Waals surface area contributed by atoms with E-state index in [2.05, 4.69) is 16.2 Å². The molecule has 2 rings (SSSR count). The van der Waals surface area contributed by atoms with Crippen LogP contribution in [0.3, 0.4) is 0 Å². The molecule has 0 aliphatic rings. The van der Waals surface area contributed by atoms with E-state index in [1.54, 1.807) is 37.7 Å². The van der Waals surface area contributed by atoms with Crippen LogP contribution >= 0.6 is 23.5 Å². The van der Waals surface area contributed by atoms with E-state index in [1.165, 1.54) is 0 Å². The SMILES string of the molecule is COc1ccc(SC(SC)c2ccccn2)c(OC)n1. The first-order valence-electron chi connectivity index (χ1n) is 5.98. The van der Waals surface area contributed by atoms with Crippen LogP contribution in [0.25, 0.3) is 0 Å². The summed E-state index contributed by atoms with van der Waals surface area (Å²) in [5.74, 6) is 1.12. The highest BCUT2D eigenvalue weighted by Crippen LogP contribution is 2.44. The number of hydrogen-bond acceptors (Lipinski definition) is 6. The molecule has 0 saturated heterocycles. The zero-order valence-corrected chi connectivity index (χ0v) is 13.2. The smallest absolute Gasteiger partial charge is 0.230 e. The minimum absolute atomic E-state index is 0.195. The molecule has 4 nitrogen and oxygen atoms in total. The van der Waals surface area contributed by atoms with E-state index in [-0.39, 0.29) is 4.58 Å². The van der Waals surface area contributed by atoms with E-state index in [9.17, 15) is 0 Å². The third-order valence-electron chi connectivity index (χ3n) is 2.58. The van der Waals surface area contributed by atoms with Crippen molar-refractivity contribution < 1.29 is 9.47 Å². The summed E-state index contributed by atoms with van der Waals surface area (Å²) in [6.07, 6.45) is 3.87. The molecule has 0 spiro atoms. The first kappa shape index (κ1) is 15.0. The summed E-state index contributed by atoms with van der Waals surface area (Å²) in [7, 11) is 3.20. The van der Waals surface area contributed by atoms with Crippen LogP contribution < -0.4 is 9.47 Å². The number of aromatic nitrogens is 2. The van der Waals surface area contributed by atoms with Gasteiger partial charge in [0.25, 0.3) is 0 Å². The summed E-state index contributed by atoms with van der Waals surface area (Å²) < 4.78 is 10.6. The molecule has 2 aromatic rings. The van der Waals surface area contributed by atoms with Crippen molar-refractivity contribution >= 4 is 23.5 Å². The lowest BCUT2D eigenvalue weighted by molar-refractivity contribution is 0.357. The second-order valence-corrected chi connectivity index (χ2v) is 6.19. The van der Waals surface area contributed by atoms with Crippen molar-refractivity contribution in [3.63, 3.8) is 0 Å². The number of thioether (sulfide) groups is 2. The zero-order chi connectivity index (χ0) is 14.4. The number of nitrogens with zero attached hydrogens (tertiary/aromatic N) is 2. The summed E-state index contributed by atoms with van der Waals surface area (Å²) in [6.45, 7) is 0. The topological polar surface area (TPSA) is 44.2 Å². The summed E-state index contributed by atoms with van der Waals surface area (Å²) >= 11 is 3.40. The fraction of sp³-hybridized carbons (Fsp3) is 0.286. The van der Waals surface area contributed by atoms with Gasteiger partial charge in [0.05, 0.1) is 29.4 Å². The van der Waals surface area contributed by atoms with E-state index in [0.717, 1.165) is 10.6 Å². The summed E-state index contributed by atoms with van der Waals surface area (Å²) in [6, 6.07) is 9.73. The van der Waals surface area contributed by atoms with Crippen molar-refractivity contribution in [3.05, 3.63) is 42.2 Å². The van der Waals surface area contributed by atoms with Crippen molar-refractivity contribution in [1.29, 1.82) is 0 Å². The standard InChI is InChI=1S/C14H16N2O2S2/c1-17-12-8-7-11(13(16-12)18-2)20-14(19-3)10-6-4-5-9-15-10/h4-9,14H,1-3H3. The monoisotopic (exact) mass is 308 g/mol. The van der Waals surface area contributed by atoms with Gasteiger partial charge in [-0.3, -0.25) is 4.98 Å². The Balaban J connectivity index is 2.23. The number of methoxy groups -OCH3 is 2. The normalized spacial score (nSPS) is 11.9. The molecular formula is C14H16N2O2S2. The third-order valence-corrected chi connectivity index (χ3v) is 5.14. The number of rotatable bonds is 6. The van der Waals surface area contributed by atoms with Gasteiger partial charge >= 0.3 is 0 Å². The molecule has 0 bridgehead atoms. The van der Waals surface area contributed by atoms with Gasteiger partial charge in [-0.2, -0.15) is 4.98 Å². The number of hydrogen-bond donors (Lipinski definition) is 0. The largest absolute Gasteiger partial charge is 0.481 e. The second kappa shape index (κ2) is 7.40. The summed E-state index contributed by atoms with van der Waals surface area (Å²) in [5, 5.41) is 0. The number of ether oxygens (including phenoxy) is 2. The summed E-state index contributed by atoms with van der Waals surface area (Å²) in [4.78, 5) is 9.67. The molecule has 20 heavy (non-hydrogen) atoms. The first-order chi connectivity index (χ1) is 9.78. The lowest BCUT2D eigenvalue weighted by Gasteiger charge is -2.15. The van der Waals surface area contributed by atoms with Gasteiger partial charge < -0.3 is 9.47 Å². The molecule has 2 aromatic heterocycles. The van der Waals surface area contributed by atoms with Gasteiger partial charge in [0.15, 0.2) is 0 Å². The van der Waals surface area contributed by atoms with E-state index < -0.39 is 0 Å². The van der Waals surface area contributed by atoms with Gasteiger partial charge in [0.2, 0.25) is 11.8 Å². The number of pyridine rings is 2. The second-order valence-electron chi connectivity index (χ2n) is 3.80. The van der Waals surface area contributed by atoms with Crippen LogP contribution in [0.4, 0.5) is 0 Å². The molecule has 0 aliphatic carbocycles. The minimum atomic E-state index is 0.195. The van der Waals surface area contributed by atoms with E-state index in [0.29, 0.717) is 11.8 Å². The Bertz CT molecular complexity index is 552. The maximum absolute atomic E-state index is 5.33. The molecule has 2 heterocycles. The fourth-order valence-corrected chi connectivity index (χ4v) is 3.56. The van der Waals surface area contributed by atoms with Crippen LogP contribution in [0.2, 0.25) is 0 Å². The van der Waals surface area contributed by atoms with Crippen LogP contribution in [-0.2, 0) is 0 Å². The predicted octanol–water partition coefficient (Wildman–Crippen LogP) is 3.65. The highest BCUT2D eigenvalue weighted by molar-refractivity contribution is 8.16. The van der Waals surface area contributed by atoms with Crippen molar-refractivity contribution in [2.24, 2.45) is 0 Å². The zero-order valence-electron chi connectivity index (χ0n) is 11.6. The minimum Gasteiger partial charge on any atom is -0.481 e. The van der Waals surface area contributed by atoms with E-state index in [1.807, 2.05) is 36.5 Å². The Morgan fingerprint density at radius 1 is 1.10 bits per heavy atom. The third kappa shape index (κ3) is 3.58. The Morgan fingerprint density at radius 2 is 1.95 bits per heavy atom. The van der Waals surface area contributed by atoms with Crippen LogP contribution in [0.5, 0.6) is 11.8 Å². The van der Waals surface area contributed by atoms with E-state index >= 15 is 0 Å². The molecule has 0 radical (unpaired) electrons. The molecule has 0 aromatic carbocycles. The molecular weight excluding hydrogens is 292 g/mol. The molecule has 106 valence electrons. The highest BCUT2D eigenvalue weighted by atomic mass is 32.2. The van der Waals surface area contributed by atoms with Gasteiger partial charge in [0, 0.05) is 12.3 Å². The molecule has 1 unspecified atom stereocenters. The Labute approximate surface area is 127 Å². The average Bonchev–Trinajstić information content (AvgIpc) is 2.53. The van der Waals surface area contributed by atoms with Crippen LogP contribution in [0, 0.1) is 0 Å². The predicted molar refractivity (Wildman–Crippen MR) is 83.7 cm³/mol. The average molecular weight is 308 g/mol. The highest BCUT2D eigenvalue weighted by Gasteiger charge is 2.17. The maximum Gasteiger partial charge on any atom is 0.230 e. The lowest BCUT2D eigenvalue weighted by atomic mass is 10.4. The maximum atomic E-state index is 5.33. The summed E-state index contributed by atoms with van der Waals surface area (Å²) in [5.41, 5.74) is 1.03. The molecule has 0 aliphatic heterocycles. The van der Waals surface area contributed by atoms with Gasteiger partial charge in [-0.05, 0) is 24.5 Å². The Kier molecular flexibility index (Phi) is 5.55. The Morgan fingerprint density at radius 3 is 2.55 bits per heavy atom. The Hall–Kier alpha value is -1.40. The van der Waals surface area contributed by atoms with Crippen LogP contribution in [0.1, 0.15) is 10.3 Å². The molecule has 0 amide bonds. The van der Waals surface area contributed by atoms with Gasteiger partial charge in [-0.25, -0.2) is 0 Å². The van der Waals surface area contributed by atoms with E-state index in [4.69, 9.17) is 9.47 Å². The van der Waals surface area contributed by atoms with Crippen molar-refractivity contribution in [3.8, 4) is 11.8 Å². The van der Waals surface area contributed by atoms with Gasteiger partial charge in [-0.1, -0.05) is 17.8 Å². The quantitative estimate of drug-likeness (QED) is 0.599. The fourth-order valence-electron chi connectivity index (χ4n) is 1.62. The van der Waals surface area contributed by atoms with Crippen molar-refractivity contribution in [2.75, 3.05) is 20.5 Å². The van der Waals surface area contributed by atoms with Crippen molar-refractivity contribution in [2.45, 2.75) is 9.48 Å². The lowest BCUT2D eigenvalue weighted by Crippen LogP contribution is -1.96. The van der Waals surface area contributed by atoms with Crippen LogP contribution in [0.15, 0.2) is 41.4 Å². The molecule has 1 atom stereocenters. The molecule has 0 N–H and O–H groups in total. The van der Waals surface area contributed by atoms with Gasteiger partial charge in [0.1, 0.15) is 0 Å². The molecule has 0 fully saturated rings. The molecule has 6 heteroatoms. The van der Waals surface area contributed by atoms with Crippen LogP contribution in [-0.4, -0.2) is 30.4 Å². The first-order valence-corrected chi connectivity index (χ1v) is 8.14.